The zero-order valence-electron chi connectivity index (χ0n) is 13.9. The van der Waals surface area contributed by atoms with Crippen LogP contribution in [-0.4, -0.2) is 0 Å². The van der Waals surface area contributed by atoms with Gasteiger partial charge in [-0.3, -0.25) is 0 Å². The summed E-state index contributed by atoms with van der Waals surface area (Å²) in [6, 6.07) is 32.8. The zero-order chi connectivity index (χ0) is 16.1. The second-order valence-electron chi connectivity index (χ2n) is 6.60. The molecule has 0 heterocycles. The van der Waals surface area contributed by atoms with Crippen LogP contribution in [0.2, 0.25) is 0 Å². The molecule has 0 saturated heterocycles. The van der Waals surface area contributed by atoms with Crippen molar-refractivity contribution in [3.8, 4) is 0 Å². The second kappa shape index (κ2) is 6.83. The van der Waals surface area contributed by atoms with Gasteiger partial charge in [0, 0.05) is 5.41 Å². The predicted molar refractivity (Wildman–Crippen MR) is 98.7 cm³/mol. The van der Waals surface area contributed by atoms with Crippen LogP contribution < -0.4 is 0 Å². The van der Waals surface area contributed by atoms with Gasteiger partial charge in [-0.2, -0.15) is 0 Å². The highest BCUT2D eigenvalue weighted by molar-refractivity contribution is 5.50. The van der Waals surface area contributed by atoms with Gasteiger partial charge in [-0.1, -0.05) is 105 Å². The summed E-state index contributed by atoms with van der Waals surface area (Å²) in [5.41, 5.74) is 4.00. The Kier molecular flexibility index (Phi) is 4.62. The van der Waals surface area contributed by atoms with E-state index >= 15 is 0 Å². The number of hydrogen-bond donors (Lipinski definition) is 0. The maximum absolute atomic E-state index is 2.31. The van der Waals surface area contributed by atoms with Crippen molar-refractivity contribution in [1.29, 1.82) is 0 Å². The van der Waals surface area contributed by atoms with Gasteiger partial charge in [0.1, 0.15) is 0 Å². The minimum atomic E-state index is -0.0993. The third-order valence-corrected chi connectivity index (χ3v) is 4.51. The highest BCUT2D eigenvalue weighted by Gasteiger charge is 2.36. The van der Waals surface area contributed by atoms with E-state index in [0.717, 1.165) is 6.42 Å². The monoisotopic (exact) mass is 300 g/mol. The van der Waals surface area contributed by atoms with Crippen LogP contribution in [0.5, 0.6) is 0 Å². The van der Waals surface area contributed by atoms with Gasteiger partial charge in [0.15, 0.2) is 0 Å². The molecule has 0 heteroatoms. The van der Waals surface area contributed by atoms with Crippen LogP contribution in [0.25, 0.3) is 0 Å². The molecular weight excluding hydrogens is 276 g/mol. The van der Waals surface area contributed by atoms with Crippen LogP contribution in [0.1, 0.15) is 37.0 Å². The topological polar surface area (TPSA) is 0 Å². The molecule has 0 fully saturated rings. The Morgan fingerprint density at radius 2 is 0.870 bits per heavy atom. The van der Waals surface area contributed by atoms with Crippen LogP contribution in [0, 0.1) is 5.92 Å². The number of hydrogen-bond acceptors (Lipinski definition) is 0. The first kappa shape index (κ1) is 15.6. The standard InChI is InChI=1S/C23H24/c1-19(2)18-23(20-12-6-3-7-13-20,21-14-8-4-9-15-21)22-16-10-5-11-17-22/h3-17,19H,18H2,1-2H3. The normalized spacial score (nSPS) is 11.6. The van der Waals surface area contributed by atoms with Crippen LogP contribution in [0.4, 0.5) is 0 Å². The van der Waals surface area contributed by atoms with Crippen LogP contribution in [0.15, 0.2) is 91.0 Å². The average molecular weight is 300 g/mol. The van der Waals surface area contributed by atoms with E-state index in [1.165, 1.54) is 16.7 Å². The summed E-state index contributed by atoms with van der Waals surface area (Å²) in [7, 11) is 0. The zero-order valence-corrected chi connectivity index (χ0v) is 13.9. The van der Waals surface area contributed by atoms with E-state index in [1.54, 1.807) is 0 Å². The van der Waals surface area contributed by atoms with E-state index < -0.39 is 0 Å². The van der Waals surface area contributed by atoms with E-state index in [1.807, 2.05) is 0 Å². The van der Waals surface area contributed by atoms with Gasteiger partial charge in [-0.15, -0.1) is 0 Å². The molecule has 0 aliphatic rings. The van der Waals surface area contributed by atoms with Gasteiger partial charge in [-0.05, 0) is 29.0 Å². The van der Waals surface area contributed by atoms with Crippen LogP contribution >= 0.6 is 0 Å². The molecule has 0 unspecified atom stereocenters. The first-order chi connectivity index (χ1) is 11.2. The van der Waals surface area contributed by atoms with Crippen molar-refractivity contribution in [3.63, 3.8) is 0 Å². The van der Waals surface area contributed by atoms with Gasteiger partial charge in [0.25, 0.3) is 0 Å². The van der Waals surface area contributed by atoms with Crippen molar-refractivity contribution < 1.29 is 0 Å². The Hall–Kier alpha value is -2.34. The maximum Gasteiger partial charge on any atom is 0.0453 e. The van der Waals surface area contributed by atoms with Crippen molar-refractivity contribution in [1.82, 2.24) is 0 Å². The quantitative estimate of drug-likeness (QED) is 0.502. The summed E-state index contributed by atoms with van der Waals surface area (Å²) in [5.74, 6) is 0.593. The maximum atomic E-state index is 2.31. The third kappa shape index (κ3) is 3.07. The lowest BCUT2D eigenvalue weighted by Crippen LogP contribution is -2.31. The van der Waals surface area contributed by atoms with Crippen LogP contribution in [-0.2, 0) is 5.41 Å². The molecule has 23 heavy (non-hydrogen) atoms. The molecule has 0 bridgehead atoms. The lowest BCUT2D eigenvalue weighted by Gasteiger charge is -2.37. The van der Waals surface area contributed by atoms with Crippen molar-refractivity contribution in [2.24, 2.45) is 5.92 Å². The predicted octanol–water partition coefficient (Wildman–Crippen LogP) is 6.07. The summed E-state index contributed by atoms with van der Waals surface area (Å²) in [5, 5.41) is 0. The molecule has 0 aromatic heterocycles. The number of benzene rings is 3. The molecular formula is C23H24. The molecule has 0 atom stereocenters. The fourth-order valence-electron chi connectivity index (χ4n) is 3.63. The molecule has 0 amide bonds. The minimum Gasteiger partial charge on any atom is -0.0627 e. The lowest BCUT2D eigenvalue weighted by molar-refractivity contribution is 0.454. The molecule has 0 nitrogen and oxygen atoms in total. The third-order valence-electron chi connectivity index (χ3n) is 4.51. The van der Waals surface area contributed by atoms with E-state index in [9.17, 15) is 0 Å². The molecule has 0 spiro atoms. The van der Waals surface area contributed by atoms with Crippen LogP contribution in [0.3, 0.4) is 0 Å². The van der Waals surface area contributed by atoms with E-state index in [2.05, 4.69) is 105 Å². The Morgan fingerprint density at radius 1 is 0.565 bits per heavy atom. The SMILES string of the molecule is CC(C)CC(c1ccccc1)(c1ccccc1)c1ccccc1. The van der Waals surface area contributed by atoms with Gasteiger partial charge >= 0.3 is 0 Å². The van der Waals surface area contributed by atoms with Crippen molar-refractivity contribution in [2.45, 2.75) is 25.7 Å². The molecule has 0 saturated carbocycles. The molecule has 3 rings (SSSR count). The molecule has 116 valence electrons. The minimum absolute atomic E-state index is 0.0993. The van der Waals surface area contributed by atoms with E-state index in [-0.39, 0.29) is 5.41 Å². The Bertz CT molecular complexity index is 615. The molecule has 3 aromatic rings. The average Bonchev–Trinajstić information content (AvgIpc) is 2.62. The molecule has 0 aliphatic carbocycles. The first-order valence-corrected chi connectivity index (χ1v) is 8.40. The lowest BCUT2D eigenvalue weighted by atomic mass is 9.65. The van der Waals surface area contributed by atoms with Gasteiger partial charge in [0.2, 0.25) is 0 Å². The van der Waals surface area contributed by atoms with E-state index in [4.69, 9.17) is 0 Å². The summed E-state index contributed by atoms with van der Waals surface area (Å²) >= 11 is 0. The summed E-state index contributed by atoms with van der Waals surface area (Å²) in [6.45, 7) is 4.62. The summed E-state index contributed by atoms with van der Waals surface area (Å²) in [4.78, 5) is 0. The number of rotatable bonds is 5. The molecule has 0 N–H and O–H groups in total. The van der Waals surface area contributed by atoms with Crippen molar-refractivity contribution in [3.05, 3.63) is 108 Å². The summed E-state index contributed by atoms with van der Waals surface area (Å²) in [6.07, 6.45) is 1.09. The Balaban J connectivity index is 2.30. The Labute approximate surface area is 139 Å². The van der Waals surface area contributed by atoms with Crippen molar-refractivity contribution in [2.75, 3.05) is 0 Å². The Morgan fingerprint density at radius 3 is 1.13 bits per heavy atom. The van der Waals surface area contributed by atoms with Gasteiger partial charge < -0.3 is 0 Å². The van der Waals surface area contributed by atoms with Gasteiger partial charge in [0.05, 0.1) is 0 Å². The molecule has 3 aromatic carbocycles. The molecule has 0 radical (unpaired) electrons. The summed E-state index contributed by atoms with van der Waals surface area (Å²) < 4.78 is 0. The molecule has 0 aliphatic heterocycles. The highest BCUT2D eigenvalue weighted by Crippen LogP contribution is 2.43. The second-order valence-corrected chi connectivity index (χ2v) is 6.60. The smallest absolute Gasteiger partial charge is 0.0453 e. The highest BCUT2D eigenvalue weighted by atomic mass is 14.4. The van der Waals surface area contributed by atoms with Gasteiger partial charge in [-0.25, -0.2) is 0 Å². The van der Waals surface area contributed by atoms with E-state index in [0.29, 0.717) is 5.92 Å². The fourth-order valence-corrected chi connectivity index (χ4v) is 3.63. The van der Waals surface area contributed by atoms with Crippen molar-refractivity contribution >= 4 is 0 Å². The first-order valence-electron chi connectivity index (χ1n) is 8.40. The fraction of sp³-hybridized carbons (Fsp3) is 0.217. The largest absolute Gasteiger partial charge is 0.0627 e.